The van der Waals surface area contributed by atoms with Gasteiger partial charge in [-0.3, -0.25) is 0 Å². The average molecular weight is 309 g/mol. The third kappa shape index (κ3) is 4.83. The number of rotatable bonds is 5. The van der Waals surface area contributed by atoms with Gasteiger partial charge in [-0.2, -0.15) is 5.26 Å². The maximum absolute atomic E-state index is 11.8. The normalized spacial score (nSPS) is 11.3. The van der Waals surface area contributed by atoms with Crippen LogP contribution in [0.25, 0.3) is 0 Å². The summed E-state index contributed by atoms with van der Waals surface area (Å²) < 4.78 is 0. The summed E-state index contributed by atoms with van der Waals surface area (Å²) in [4.78, 5) is 11.8. The fourth-order valence-corrected chi connectivity index (χ4v) is 2.20. The Morgan fingerprint density at radius 3 is 2.52 bits per heavy atom. The molecule has 3 N–H and O–H groups in total. The summed E-state index contributed by atoms with van der Waals surface area (Å²) in [5.74, 6) is 0. The van der Waals surface area contributed by atoms with Crippen molar-refractivity contribution in [1.82, 2.24) is 10.6 Å². The van der Waals surface area contributed by atoms with Gasteiger partial charge in [0.1, 0.15) is 0 Å². The van der Waals surface area contributed by atoms with Gasteiger partial charge in [-0.25, -0.2) is 4.79 Å². The van der Waals surface area contributed by atoms with Crippen LogP contribution in [0.2, 0.25) is 0 Å². The van der Waals surface area contributed by atoms with Crippen LogP contribution in [-0.4, -0.2) is 17.7 Å². The van der Waals surface area contributed by atoms with E-state index in [2.05, 4.69) is 10.6 Å². The van der Waals surface area contributed by atoms with E-state index < -0.39 is 6.10 Å². The molecule has 0 saturated carbocycles. The van der Waals surface area contributed by atoms with Crippen molar-refractivity contribution in [2.24, 2.45) is 0 Å². The lowest BCUT2D eigenvalue weighted by molar-refractivity contribution is 0.172. The van der Waals surface area contributed by atoms with Crippen LogP contribution in [0.1, 0.15) is 28.4 Å². The smallest absolute Gasteiger partial charge is 0.315 e. The van der Waals surface area contributed by atoms with E-state index >= 15 is 0 Å². The Labute approximate surface area is 135 Å². The quantitative estimate of drug-likeness (QED) is 0.793. The number of hydrogen-bond donors (Lipinski definition) is 3. The number of nitrogens with zero attached hydrogens (tertiary/aromatic N) is 1. The monoisotopic (exact) mass is 309 g/mol. The van der Waals surface area contributed by atoms with Crippen LogP contribution in [0.5, 0.6) is 0 Å². The van der Waals surface area contributed by atoms with E-state index in [-0.39, 0.29) is 12.6 Å². The number of nitrogens with one attached hydrogen (secondary N) is 2. The SMILES string of the molecule is Cc1ccccc1C(O)CNC(=O)NCc1ccc(C#N)cc1. The van der Waals surface area contributed by atoms with E-state index in [0.717, 1.165) is 16.7 Å². The van der Waals surface area contributed by atoms with Crippen molar-refractivity contribution in [3.8, 4) is 6.07 Å². The minimum absolute atomic E-state index is 0.143. The molecule has 2 rings (SSSR count). The van der Waals surface area contributed by atoms with Crippen LogP contribution in [-0.2, 0) is 6.54 Å². The number of aliphatic hydroxyl groups excluding tert-OH is 1. The molecule has 1 atom stereocenters. The van der Waals surface area contributed by atoms with Gasteiger partial charge in [-0.05, 0) is 35.7 Å². The average Bonchev–Trinajstić information content (AvgIpc) is 2.58. The van der Waals surface area contributed by atoms with Crippen molar-refractivity contribution >= 4 is 6.03 Å². The Hall–Kier alpha value is -2.84. The lowest BCUT2D eigenvalue weighted by atomic mass is 10.0. The van der Waals surface area contributed by atoms with E-state index in [9.17, 15) is 9.90 Å². The molecule has 23 heavy (non-hydrogen) atoms. The molecule has 0 aromatic heterocycles. The highest BCUT2D eigenvalue weighted by atomic mass is 16.3. The number of aliphatic hydroxyl groups is 1. The van der Waals surface area contributed by atoms with Gasteiger partial charge in [-0.1, -0.05) is 36.4 Å². The van der Waals surface area contributed by atoms with E-state index in [1.807, 2.05) is 37.3 Å². The number of nitriles is 1. The van der Waals surface area contributed by atoms with Crippen LogP contribution in [0.3, 0.4) is 0 Å². The van der Waals surface area contributed by atoms with Crippen LogP contribution >= 0.6 is 0 Å². The van der Waals surface area contributed by atoms with Gasteiger partial charge in [0.2, 0.25) is 0 Å². The van der Waals surface area contributed by atoms with Crippen LogP contribution in [0.4, 0.5) is 4.79 Å². The minimum Gasteiger partial charge on any atom is -0.387 e. The Bertz CT molecular complexity index is 705. The first kappa shape index (κ1) is 16.5. The Kier molecular flexibility index (Phi) is 5.73. The molecule has 2 aromatic carbocycles. The lowest BCUT2D eigenvalue weighted by Gasteiger charge is -2.15. The lowest BCUT2D eigenvalue weighted by Crippen LogP contribution is -2.37. The molecule has 1 unspecified atom stereocenters. The van der Waals surface area contributed by atoms with Gasteiger partial charge in [0.25, 0.3) is 0 Å². The number of urea groups is 1. The molecule has 0 fully saturated rings. The third-order valence-corrected chi connectivity index (χ3v) is 3.54. The van der Waals surface area contributed by atoms with Gasteiger partial charge < -0.3 is 15.7 Å². The molecule has 0 radical (unpaired) electrons. The molecule has 0 spiro atoms. The Morgan fingerprint density at radius 1 is 1.17 bits per heavy atom. The van der Waals surface area contributed by atoms with Crippen LogP contribution in [0.15, 0.2) is 48.5 Å². The molecule has 0 bridgehead atoms. The van der Waals surface area contributed by atoms with Crippen molar-refractivity contribution in [1.29, 1.82) is 5.26 Å². The second-order valence-electron chi connectivity index (χ2n) is 5.24. The van der Waals surface area contributed by atoms with E-state index in [4.69, 9.17) is 5.26 Å². The summed E-state index contributed by atoms with van der Waals surface area (Å²) in [6, 6.07) is 16.2. The number of carbonyl (C=O) groups is 1. The molecule has 0 aliphatic carbocycles. The molecule has 2 amide bonds. The van der Waals surface area contributed by atoms with Crippen molar-refractivity contribution in [3.05, 3.63) is 70.8 Å². The topological polar surface area (TPSA) is 85.2 Å². The summed E-state index contributed by atoms with van der Waals surface area (Å²) in [5, 5.41) is 24.2. The Morgan fingerprint density at radius 2 is 1.87 bits per heavy atom. The van der Waals surface area contributed by atoms with E-state index in [1.165, 1.54) is 0 Å². The van der Waals surface area contributed by atoms with Gasteiger partial charge in [0.15, 0.2) is 0 Å². The second-order valence-corrected chi connectivity index (χ2v) is 5.24. The molecular formula is C18H19N3O2. The Balaban J connectivity index is 1.78. The van der Waals surface area contributed by atoms with Crippen molar-refractivity contribution in [2.75, 3.05) is 6.54 Å². The van der Waals surface area contributed by atoms with Crippen molar-refractivity contribution < 1.29 is 9.90 Å². The van der Waals surface area contributed by atoms with Crippen LogP contribution in [0, 0.1) is 18.3 Å². The molecule has 2 aromatic rings. The fourth-order valence-electron chi connectivity index (χ4n) is 2.20. The van der Waals surface area contributed by atoms with Crippen LogP contribution < -0.4 is 10.6 Å². The number of hydrogen-bond acceptors (Lipinski definition) is 3. The number of aryl methyl sites for hydroxylation is 1. The van der Waals surface area contributed by atoms with E-state index in [1.54, 1.807) is 24.3 Å². The number of carbonyl (C=O) groups excluding carboxylic acids is 1. The summed E-state index contributed by atoms with van der Waals surface area (Å²) in [6.07, 6.45) is -0.739. The highest BCUT2D eigenvalue weighted by molar-refractivity contribution is 5.73. The molecule has 0 aliphatic heterocycles. The predicted molar refractivity (Wildman–Crippen MR) is 87.5 cm³/mol. The zero-order chi connectivity index (χ0) is 16.7. The standard InChI is InChI=1S/C18H19N3O2/c1-13-4-2-3-5-16(13)17(22)12-21-18(23)20-11-15-8-6-14(10-19)7-9-15/h2-9,17,22H,11-12H2,1H3,(H2,20,21,23). The maximum Gasteiger partial charge on any atom is 0.315 e. The molecule has 0 saturated heterocycles. The first-order valence-corrected chi connectivity index (χ1v) is 7.34. The minimum atomic E-state index is -0.739. The van der Waals surface area contributed by atoms with Gasteiger partial charge in [0.05, 0.1) is 17.7 Å². The fraction of sp³-hybridized carbons (Fsp3) is 0.222. The summed E-state index contributed by atoms with van der Waals surface area (Å²) >= 11 is 0. The number of benzene rings is 2. The van der Waals surface area contributed by atoms with Crippen molar-refractivity contribution in [3.63, 3.8) is 0 Å². The highest BCUT2D eigenvalue weighted by Gasteiger charge is 2.11. The molecule has 5 heteroatoms. The van der Waals surface area contributed by atoms with E-state index in [0.29, 0.717) is 12.1 Å². The second kappa shape index (κ2) is 7.97. The summed E-state index contributed by atoms with van der Waals surface area (Å²) in [6.45, 7) is 2.42. The third-order valence-electron chi connectivity index (χ3n) is 3.54. The zero-order valence-corrected chi connectivity index (χ0v) is 12.9. The molecule has 0 heterocycles. The highest BCUT2D eigenvalue weighted by Crippen LogP contribution is 2.16. The first-order chi connectivity index (χ1) is 11.1. The molecular weight excluding hydrogens is 290 g/mol. The summed E-state index contributed by atoms with van der Waals surface area (Å²) in [7, 11) is 0. The first-order valence-electron chi connectivity index (χ1n) is 7.34. The predicted octanol–water partition coefficient (Wildman–Crippen LogP) is 2.40. The zero-order valence-electron chi connectivity index (χ0n) is 12.9. The van der Waals surface area contributed by atoms with Gasteiger partial charge >= 0.3 is 6.03 Å². The summed E-state index contributed by atoms with van der Waals surface area (Å²) in [5.41, 5.74) is 3.28. The molecule has 0 aliphatic rings. The number of amides is 2. The maximum atomic E-state index is 11.8. The van der Waals surface area contributed by atoms with Crippen molar-refractivity contribution in [2.45, 2.75) is 19.6 Å². The largest absolute Gasteiger partial charge is 0.387 e. The molecule has 118 valence electrons. The van der Waals surface area contributed by atoms with Gasteiger partial charge in [-0.15, -0.1) is 0 Å². The molecule has 5 nitrogen and oxygen atoms in total. The van der Waals surface area contributed by atoms with Gasteiger partial charge in [0, 0.05) is 13.1 Å².